The topological polar surface area (TPSA) is 42.4 Å². The summed E-state index contributed by atoms with van der Waals surface area (Å²) in [7, 11) is 2.08. The van der Waals surface area contributed by atoms with Crippen molar-refractivity contribution in [3.8, 4) is 0 Å². The number of hydrogen-bond acceptors (Lipinski definition) is 3. The maximum absolute atomic E-state index is 5.63. The molecular formula is C14H18N2O. The molecule has 3 heteroatoms. The van der Waals surface area contributed by atoms with Crippen LogP contribution in [-0.2, 0) is 13.1 Å². The van der Waals surface area contributed by atoms with E-state index in [1.54, 1.807) is 6.26 Å². The van der Waals surface area contributed by atoms with Crippen molar-refractivity contribution in [1.29, 1.82) is 0 Å². The lowest BCUT2D eigenvalue weighted by Crippen LogP contribution is -2.18. The highest BCUT2D eigenvalue weighted by molar-refractivity contribution is 5.52. The summed E-state index contributed by atoms with van der Waals surface area (Å²) < 4.78 is 5.33. The number of rotatable bonds is 4. The van der Waals surface area contributed by atoms with E-state index in [0.29, 0.717) is 6.54 Å². The molecule has 0 radical (unpaired) electrons. The van der Waals surface area contributed by atoms with Gasteiger partial charge < -0.3 is 15.1 Å². The normalized spacial score (nSPS) is 10.5. The van der Waals surface area contributed by atoms with Crippen LogP contribution in [-0.4, -0.2) is 7.05 Å². The summed E-state index contributed by atoms with van der Waals surface area (Å²) in [5.74, 6) is 0.866. The zero-order chi connectivity index (χ0) is 12.3. The van der Waals surface area contributed by atoms with E-state index in [-0.39, 0.29) is 0 Å². The predicted octanol–water partition coefficient (Wildman–Crippen LogP) is 2.68. The van der Waals surface area contributed by atoms with Crippen LogP contribution in [0.25, 0.3) is 0 Å². The Morgan fingerprint density at radius 3 is 2.71 bits per heavy atom. The Morgan fingerprint density at radius 2 is 2.00 bits per heavy atom. The first-order chi connectivity index (χ1) is 8.22. The molecule has 1 aromatic heterocycles. The molecule has 0 aliphatic carbocycles. The third-order valence-electron chi connectivity index (χ3n) is 2.96. The minimum absolute atomic E-state index is 0.448. The molecule has 0 aliphatic heterocycles. The minimum Gasteiger partial charge on any atom is -0.468 e. The number of nitrogens with two attached hydrogens (primary N) is 1. The fourth-order valence-electron chi connectivity index (χ4n) is 2.02. The smallest absolute Gasteiger partial charge is 0.122 e. The van der Waals surface area contributed by atoms with Crippen LogP contribution < -0.4 is 10.6 Å². The summed E-state index contributed by atoms with van der Waals surface area (Å²) in [6.45, 7) is 3.38. The summed E-state index contributed by atoms with van der Waals surface area (Å²) in [4.78, 5) is 2.21. The number of benzene rings is 1. The van der Waals surface area contributed by atoms with Crippen LogP contribution in [0.4, 0.5) is 5.69 Å². The molecular weight excluding hydrogens is 212 g/mol. The highest BCUT2D eigenvalue weighted by atomic mass is 16.3. The molecule has 1 heterocycles. The minimum atomic E-state index is 0.448. The Labute approximate surface area is 102 Å². The van der Waals surface area contributed by atoms with Gasteiger partial charge in [0.15, 0.2) is 0 Å². The van der Waals surface area contributed by atoms with E-state index in [9.17, 15) is 0 Å². The van der Waals surface area contributed by atoms with Crippen LogP contribution in [0.2, 0.25) is 0 Å². The van der Waals surface area contributed by atoms with Crippen molar-refractivity contribution in [2.75, 3.05) is 11.9 Å². The van der Waals surface area contributed by atoms with Crippen molar-refractivity contribution in [2.24, 2.45) is 5.73 Å². The molecule has 3 nitrogen and oxygen atoms in total. The van der Waals surface area contributed by atoms with Crippen LogP contribution in [0.15, 0.2) is 41.0 Å². The van der Waals surface area contributed by atoms with Gasteiger partial charge in [-0.15, -0.1) is 0 Å². The summed E-state index contributed by atoms with van der Waals surface area (Å²) in [6.07, 6.45) is 1.70. The van der Waals surface area contributed by atoms with Gasteiger partial charge in [-0.05, 0) is 24.6 Å². The Balaban J connectivity index is 2.17. The Morgan fingerprint density at radius 1 is 1.24 bits per heavy atom. The largest absolute Gasteiger partial charge is 0.468 e. The number of aryl methyl sites for hydroxylation is 1. The van der Waals surface area contributed by atoms with E-state index in [2.05, 4.69) is 43.1 Å². The highest BCUT2D eigenvalue weighted by Crippen LogP contribution is 2.21. The first-order valence-electron chi connectivity index (χ1n) is 5.74. The molecule has 2 aromatic rings. The summed E-state index contributed by atoms with van der Waals surface area (Å²) in [6, 6.07) is 10.3. The monoisotopic (exact) mass is 230 g/mol. The molecule has 1 aromatic carbocycles. The van der Waals surface area contributed by atoms with Crippen molar-refractivity contribution in [3.05, 3.63) is 53.5 Å². The average molecular weight is 230 g/mol. The maximum atomic E-state index is 5.63. The highest BCUT2D eigenvalue weighted by Gasteiger charge is 2.09. The van der Waals surface area contributed by atoms with E-state index in [1.165, 1.54) is 11.3 Å². The second kappa shape index (κ2) is 5.06. The maximum Gasteiger partial charge on any atom is 0.122 e. The van der Waals surface area contributed by atoms with Crippen LogP contribution in [0.5, 0.6) is 0 Å². The van der Waals surface area contributed by atoms with Crippen LogP contribution in [0.1, 0.15) is 16.9 Å². The van der Waals surface area contributed by atoms with E-state index >= 15 is 0 Å². The zero-order valence-electron chi connectivity index (χ0n) is 10.3. The average Bonchev–Trinajstić information content (AvgIpc) is 2.76. The molecule has 2 rings (SSSR count). The second-order valence-corrected chi connectivity index (χ2v) is 4.22. The molecule has 17 heavy (non-hydrogen) atoms. The lowest BCUT2D eigenvalue weighted by molar-refractivity contribution is 0.507. The van der Waals surface area contributed by atoms with Gasteiger partial charge in [0.1, 0.15) is 5.76 Å². The summed E-state index contributed by atoms with van der Waals surface area (Å²) in [5, 5.41) is 0. The summed E-state index contributed by atoms with van der Waals surface area (Å²) >= 11 is 0. The summed E-state index contributed by atoms with van der Waals surface area (Å²) in [5.41, 5.74) is 9.28. The van der Waals surface area contributed by atoms with Gasteiger partial charge in [0.2, 0.25) is 0 Å². The van der Waals surface area contributed by atoms with Crippen molar-refractivity contribution in [2.45, 2.75) is 20.0 Å². The van der Waals surface area contributed by atoms with Gasteiger partial charge in [0.05, 0.1) is 12.8 Å². The Hall–Kier alpha value is -1.74. The number of furan rings is 1. The van der Waals surface area contributed by atoms with Crippen molar-refractivity contribution in [1.82, 2.24) is 0 Å². The molecule has 2 N–H and O–H groups in total. The van der Waals surface area contributed by atoms with Gasteiger partial charge in [0, 0.05) is 24.8 Å². The van der Waals surface area contributed by atoms with Crippen LogP contribution >= 0.6 is 0 Å². The fourth-order valence-corrected chi connectivity index (χ4v) is 2.02. The molecule has 90 valence electrons. The number of hydrogen-bond donors (Lipinski definition) is 1. The van der Waals surface area contributed by atoms with Gasteiger partial charge in [-0.3, -0.25) is 0 Å². The third kappa shape index (κ3) is 2.50. The Bertz CT molecular complexity index is 490. The molecule has 0 saturated heterocycles. The molecule has 0 fully saturated rings. The third-order valence-corrected chi connectivity index (χ3v) is 2.96. The van der Waals surface area contributed by atoms with E-state index < -0.39 is 0 Å². The first kappa shape index (κ1) is 11.7. The number of para-hydroxylation sites is 1. The fraction of sp³-hybridized carbons (Fsp3) is 0.286. The number of nitrogens with zero attached hydrogens (tertiary/aromatic N) is 1. The molecule has 0 unspecified atom stereocenters. The molecule has 0 bridgehead atoms. The van der Waals surface area contributed by atoms with Gasteiger partial charge in [-0.1, -0.05) is 18.2 Å². The Kier molecular flexibility index (Phi) is 3.49. The van der Waals surface area contributed by atoms with Crippen molar-refractivity contribution < 1.29 is 4.42 Å². The van der Waals surface area contributed by atoms with Crippen molar-refractivity contribution >= 4 is 5.69 Å². The second-order valence-electron chi connectivity index (χ2n) is 4.22. The standard InChI is InChI=1S/C14H18N2O/c1-11-5-3-4-6-13(11)16(2)10-12-7-8-17-14(12)9-15/h3-8H,9-10,15H2,1-2H3. The van der Waals surface area contributed by atoms with E-state index in [4.69, 9.17) is 10.2 Å². The van der Waals surface area contributed by atoms with Gasteiger partial charge in [-0.2, -0.15) is 0 Å². The number of anilines is 1. The molecule has 0 saturated carbocycles. The molecule has 0 spiro atoms. The first-order valence-corrected chi connectivity index (χ1v) is 5.74. The van der Waals surface area contributed by atoms with E-state index in [1.807, 2.05) is 6.07 Å². The van der Waals surface area contributed by atoms with E-state index in [0.717, 1.165) is 17.9 Å². The predicted molar refractivity (Wildman–Crippen MR) is 69.9 cm³/mol. The quantitative estimate of drug-likeness (QED) is 0.878. The van der Waals surface area contributed by atoms with Gasteiger partial charge >= 0.3 is 0 Å². The van der Waals surface area contributed by atoms with Crippen LogP contribution in [0, 0.1) is 6.92 Å². The van der Waals surface area contributed by atoms with Crippen LogP contribution in [0.3, 0.4) is 0 Å². The SMILES string of the molecule is Cc1ccccc1N(C)Cc1ccoc1CN. The zero-order valence-corrected chi connectivity index (χ0v) is 10.3. The lowest BCUT2D eigenvalue weighted by atomic mass is 10.1. The van der Waals surface area contributed by atoms with Crippen molar-refractivity contribution in [3.63, 3.8) is 0 Å². The van der Waals surface area contributed by atoms with Gasteiger partial charge in [0.25, 0.3) is 0 Å². The molecule has 0 atom stereocenters. The molecule has 0 aliphatic rings. The lowest BCUT2D eigenvalue weighted by Gasteiger charge is -2.21. The molecule has 0 amide bonds. The van der Waals surface area contributed by atoms with Gasteiger partial charge in [-0.25, -0.2) is 0 Å².